The summed E-state index contributed by atoms with van der Waals surface area (Å²) in [4.78, 5) is 4.38. The summed E-state index contributed by atoms with van der Waals surface area (Å²) in [5, 5.41) is 0.964. The number of aromatic nitrogens is 1. The highest BCUT2D eigenvalue weighted by Gasteiger charge is 2.12. The third-order valence-electron chi connectivity index (χ3n) is 2.66. The van der Waals surface area contributed by atoms with E-state index in [1.54, 1.807) is 18.2 Å². The van der Waals surface area contributed by atoms with Gasteiger partial charge in [0.1, 0.15) is 5.52 Å². The van der Waals surface area contributed by atoms with Crippen LogP contribution >= 0.6 is 39.1 Å². The quantitative estimate of drug-likeness (QED) is 0.613. The van der Waals surface area contributed by atoms with Crippen LogP contribution in [0.3, 0.4) is 0 Å². The second-order valence-electron chi connectivity index (χ2n) is 3.99. The van der Waals surface area contributed by atoms with Gasteiger partial charge in [0.15, 0.2) is 5.58 Å². The van der Waals surface area contributed by atoms with E-state index in [1.165, 1.54) is 0 Å². The van der Waals surface area contributed by atoms with E-state index in [0.29, 0.717) is 32.7 Å². The SMILES string of the molecule is Nc1ccc(-c2nc3cc(Cl)cc(Cl)c3o2)cc1Br. The Morgan fingerprint density at radius 3 is 2.68 bits per heavy atom. The molecule has 2 aromatic carbocycles. The van der Waals surface area contributed by atoms with Crippen LogP contribution in [0.25, 0.3) is 22.6 Å². The van der Waals surface area contributed by atoms with Crippen molar-refractivity contribution < 1.29 is 4.42 Å². The molecule has 0 radical (unpaired) electrons. The molecule has 3 nitrogen and oxygen atoms in total. The molecule has 0 bridgehead atoms. The lowest BCUT2D eigenvalue weighted by atomic mass is 10.2. The van der Waals surface area contributed by atoms with E-state index in [0.717, 1.165) is 10.0 Å². The van der Waals surface area contributed by atoms with Crippen LogP contribution in [0.4, 0.5) is 5.69 Å². The summed E-state index contributed by atoms with van der Waals surface area (Å²) in [5.74, 6) is 0.472. The Hall–Kier alpha value is -1.23. The lowest BCUT2D eigenvalue weighted by molar-refractivity contribution is 0.620. The Labute approximate surface area is 127 Å². The maximum Gasteiger partial charge on any atom is 0.227 e. The Morgan fingerprint density at radius 2 is 1.95 bits per heavy atom. The van der Waals surface area contributed by atoms with E-state index in [9.17, 15) is 0 Å². The van der Waals surface area contributed by atoms with Gasteiger partial charge in [0, 0.05) is 20.7 Å². The van der Waals surface area contributed by atoms with Crippen LogP contribution in [0.5, 0.6) is 0 Å². The van der Waals surface area contributed by atoms with Crippen molar-refractivity contribution in [3.05, 3.63) is 44.8 Å². The first-order valence-corrected chi connectivity index (χ1v) is 6.90. The van der Waals surface area contributed by atoms with Crippen LogP contribution in [-0.2, 0) is 0 Å². The third-order valence-corrected chi connectivity index (χ3v) is 3.84. The fraction of sp³-hybridized carbons (Fsp3) is 0. The minimum absolute atomic E-state index is 0.441. The normalized spacial score (nSPS) is 11.1. The summed E-state index contributed by atoms with van der Waals surface area (Å²) >= 11 is 15.4. The molecule has 3 aromatic rings. The fourth-order valence-corrected chi connectivity index (χ4v) is 2.64. The molecule has 0 atom stereocenters. The third kappa shape index (κ3) is 2.31. The standard InChI is InChI=1S/C13H7BrCl2N2O/c14-8-3-6(1-2-10(8)17)13-18-11-5-7(15)4-9(16)12(11)19-13/h1-5H,17H2. The van der Waals surface area contributed by atoms with Crippen molar-refractivity contribution in [2.75, 3.05) is 5.73 Å². The summed E-state index contributed by atoms with van der Waals surface area (Å²) in [5.41, 5.74) is 8.36. The first-order chi connectivity index (χ1) is 9.04. The van der Waals surface area contributed by atoms with E-state index < -0.39 is 0 Å². The lowest BCUT2D eigenvalue weighted by Crippen LogP contribution is -1.86. The molecule has 0 unspecified atom stereocenters. The molecular formula is C13H7BrCl2N2O. The van der Waals surface area contributed by atoms with Crippen LogP contribution in [0.15, 0.2) is 39.2 Å². The van der Waals surface area contributed by atoms with Gasteiger partial charge < -0.3 is 10.2 Å². The molecule has 2 N–H and O–H groups in total. The van der Waals surface area contributed by atoms with E-state index in [1.807, 2.05) is 12.1 Å². The molecule has 0 fully saturated rings. The number of rotatable bonds is 1. The number of anilines is 1. The smallest absolute Gasteiger partial charge is 0.227 e. The van der Waals surface area contributed by atoms with Crippen LogP contribution in [0.1, 0.15) is 0 Å². The van der Waals surface area contributed by atoms with E-state index in [2.05, 4.69) is 20.9 Å². The van der Waals surface area contributed by atoms with Gasteiger partial charge in [-0.05, 0) is 46.3 Å². The Balaban J connectivity index is 2.20. The van der Waals surface area contributed by atoms with Gasteiger partial charge in [-0.25, -0.2) is 4.98 Å². The molecule has 96 valence electrons. The highest BCUT2D eigenvalue weighted by molar-refractivity contribution is 9.10. The van der Waals surface area contributed by atoms with Crippen LogP contribution in [-0.4, -0.2) is 4.98 Å². The van der Waals surface area contributed by atoms with Crippen LogP contribution < -0.4 is 5.73 Å². The largest absolute Gasteiger partial charge is 0.435 e. The van der Waals surface area contributed by atoms with Gasteiger partial charge in [0.2, 0.25) is 5.89 Å². The zero-order chi connectivity index (χ0) is 13.6. The summed E-state index contributed by atoms with van der Waals surface area (Å²) < 4.78 is 6.46. The van der Waals surface area contributed by atoms with Gasteiger partial charge in [0.05, 0.1) is 5.02 Å². The fourth-order valence-electron chi connectivity index (χ4n) is 1.74. The molecule has 0 saturated carbocycles. The molecule has 0 amide bonds. The lowest BCUT2D eigenvalue weighted by Gasteiger charge is -1.99. The maximum atomic E-state index is 6.07. The molecule has 6 heteroatoms. The second kappa shape index (κ2) is 4.71. The first-order valence-electron chi connectivity index (χ1n) is 5.35. The highest BCUT2D eigenvalue weighted by atomic mass is 79.9. The van der Waals surface area contributed by atoms with Gasteiger partial charge in [0.25, 0.3) is 0 Å². The van der Waals surface area contributed by atoms with Crippen molar-refractivity contribution in [1.82, 2.24) is 4.98 Å². The predicted molar refractivity (Wildman–Crippen MR) is 81.6 cm³/mol. The summed E-state index contributed by atoms with van der Waals surface area (Å²) in [7, 11) is 0. The van der Waals surface area contributed by atoms with Gasteiger partial charge in [-0.1, -0.05) is 23.2 Å². The first kappa shape index (κ1) is 12.8. The Morgan fingerprint density at radius 1 is 1.16 bits per heavy atom. The van der Waals surface area contributed by atoms with Crippen molar-refractivity contribution in [3.8, 4) is 11.5 Å². The summed E-state index contributed by atoms with van der Waals surface area (Å²) in [6.45, 7) is 0. The minimum atomic E-state index is 0.441. The van der Waals surface area contributed by atoms with E-state index in [-0.39, 0.29) is 0 Å². The average Bonchev–Trinajstić information content (AvgIpc) is 2.76. The van der Waals surface area contributed by atoms with Gasteiger partial charge in [-0.3, -0.25) is 0 Å². The van der Waals surface area contributed by atoms with Crippen molar-refractivity contribution in [1.29, 1.82) is 0 Å². The van der Waals surface area contributed by atoms with E-state index >= 15 is 0 Å². The number of nitrogens with two attached hydrogens (primary N) is 1. The Kier molecular flexibility index (Phi) is 3.17. The molecule has 3 rings (SSSR count). The molecule has 0 aliphatic rings. The van der Waals surface area contributed by atoms with Gasteiger partial charge in [-0.15, -0.1) is 0 Å². The van der Waals surface area contributed by atoms with Gasteiger partial charge >= 0.3 is 0 Å². The number of nitrogens with zero attached hydrogens (tertiary/aromatic N) is 1. The average molecular weight is 358 g/mol. The molecule has 1 heterocycles. The number of benzene rings is 2. The zero-order valence-corrected chi connectivity index (χ0v) is 12.6. The minimum Gasteiger partial charge on any atom is -0.435 e. The molecule has 0 spiro atoms. The van der Waals surface area contributed by atoms with Crippen molar-refractivity contribution in [2.45, 2.75) is 0 Å². The van der Waals surface area contributed by atoms with Crippen molar-refractivity contribution in [3.63, 3.8) is 0 Å². The van der Waals surface area contributed by atoms with E-state index in [4.69, 9.17) is 33.4 Å². The zero-order valence-electron chi connectivity index (χ0n) is 9.45. The number of nitrogen functional groups attached to an aromatic ring is 1. The van der Waals surface area contributed by atoms with Crippen molar-refractivity contribution in [2.24, 2.45) is 0 Å². The monoisotopic (exact) mass is 356 g/mol. The molecule has 0 aliphatic heterocycles. The summed E-state index contributed by atoms with van der Waals surface area (Å²) in [6.07, 6.45) is 0. The van der Waals surface area contributed by atoms with Gasteiger partial charge in [-0.2, -0.15) is 0 Å². The number of hydrogen-bond acceptors (Lipinski definition) is 3. The molecule has 19 heavy (non-hydrogen) atoms. The van der Waals surface area contributed by atoms with Crippen molar-refractivity contribution >= 4 is 55.9 Å². The topological polar surface area (TPSA) is 52.0 Å². The van der Waals surface area contributed by atoms with Crippen LogP contribution in [0, 0.1) is 0 Å². The number of hydrogen-bond donors (Lipinski definition) is 1. The number of halogens is 3. The number of fused-ring (bicyclic) bond motifs is 1. The number of oxazole rings is 1. The molecule has 0 aliphatic carbocycles. The molecule has 1 aromatic heterocycles. The molecule has 0 saturated heterocycles. The highest BCUT2D eigenvalue weighted by Crippen LogP contribution is 2.33. The molecular weight excluding hydrogens is 351 g/mol. The maximum absolute atomic E-state index is 6.07. The second-order valence-corrected chi connectivity index (χ2v) is 5.69. The van der Waals surface area contributed by atoms with Crippen LogP contribution in [0.2, 0.25) is 10.0 Å². The Bertz CT molecular complexity index is 786. The summed E-state index contributed by atoms with van der Waals surface area (Å²) in [6, 6.07) is 8.79. The predicted octanol–water partition coefficient (Wildman–Crippen LogP) is 5.15.